The highest BCUT2D eigenvalue weighted by Crippen LogP contribution is 2.29. The summed E-state index contributed by atoms with van der Waals surface area (Å²) in [7, 11) is -3.98. The molecule has 0 unspecified atom stereocenters. The van der Waals surface area contributed by atoms with E-state index in [-0.39, 0.29) is 26.2 Å². The molecule has 21 heavy (non-hydrogen) atoms. The predicted octanol–water partition coefficient (Wildman–Crippen LogP) is 2.91. The van der Waals surface area contributed by atoms with Crippen molar-refractivity contribution in [2.24, 2.45) is 0 Å². The molecule has 0 aliphatic carbocycles. The predicted molar refractivity (Wildman–Crippen MR) is 80.8 cm³/mol. The van der Waals surface area contributed by atoms with E-state index in [9.17, 15) is 13.2 Å². The van der Waals surface area contributed by atoms with Crippen molar-refractivity contribution in [2.45, 2.75) is 18.7 Å². The largest absolute Gasteiger partial charge is 0.478 e. The SMILES string of the molecule is Cc1ccc(S(=O)(=O)Nc2snc(C)c2C(=O)O)c(Cl)c1. The maximum absolute atomic E-state index is 12.3. The van der Waals surface area contributed by atoms with E-state index >= 15 is 0 Å². The highest BCUT2D eigenvalue weighted by Gasteiger charge is 2.24. The summed E-state index contributed by atoms with van der Waals surface area (Å²) in [5.41, 5.74) is 0.908. The molecule has 6 nitrogen and oxygen atoms in total. The number of nitrogens with one attached hydrogen (secondary N) is 1. The molecule has 0 spiro atoms. The van der Waals surface area contributed by atoms with Gasteiger partial charge in [-0.25, -0.2) is 13.2 Å². The lowest BCUT2D eigenvalue weighted by molar-refractivity contribution is 0.0697. The van der Waals surface area contributed by atoms with Gasteiger partial charge >= 0.3 is 5.97 Å². The summed E-state index contributed by atoms with van der Waals surface area (Å²) in [6.45, 7) is 3.28. The van der Waals surface area contributed by atoms with Crippen LogP contribution in [0, 0.1) is 13.8 Å². The fourth-order valence-electron chi connectivity index (χ4n) is 1.69. The number of nitrogens with zero attached hydrogens (tertiary/aromatic N) is 1. The topological polar surface area (TPSA) is 96.4 Å². The molecular formula is C12H11ClN2O4S2. The minimum atomic E-state index is -3.98. The third-order valence-corrected chi connectivity index (χ3v) is 5.50. The van der Waals surface area contributed by atoms with E-state index in [1.54, 1.807) is 13.0 Å². The van der Waals surface area contributed by atoms with E-state index < -0.39 is 16.0 Å². The third kappa shape index (κ3) is 3.17. The van der Waals surface area contributed by atoms with E-state index in [0.717, 1.165) is 17.1 Å². The maximum Gasteiger partial charge on any atom is 0.340 e. The molecule has 2 aromatic rings. The highest BCUT2D eigenvalue weighted by atomic mass is 35.5. The lowest BCUT2D eigenvalue weighted by Gasteiger charge is -2.09. The number of aromatic nitrogens is 1. The number of anilines is 1. The molecule has 1 aromatic heterocycles. The lowest BCUT2D eigenvalue weighted by atomic mass is 10.2. The second-order valence-electron chi connectivity index (χ2n) is 4.32. The highest BCUT2D eigenvalue weighted by molar-refractivity contribution is 7.93. The number of sulfonamides is 1. The van der Waals surface area contributed by atoms with Gasteiger partial charge in [0.15, 0.2) is 0 Å². The first-order valence-electron chi connectivity index (χ1n) is 5.71. The summed E-state index contributed by atoms with van der Waals surface area (Å²) < 4.78 is 30.7. The molecule has 0 bridgehead atoms. The zero-order chi connectivity index (χ0) is 15.8. The Kier molecular flexibility index (Phi) is 4.22. The van der Waals surface area contributed by atoms with Crippen LogP contribution in [0.5, 0.6) is 0 Å². The van der Waals surface area contributed by atoms with Gasteiger partial charge in [-0.2, -0.15) is 4.37 Å². The molecular weight excluding hydrogens is 336 g/mol. The Labute approximate surface area is 130 Å². The van der Waals surface area contributed by atoms with E-state index in [1.807, 2.05) is 0 Å². The standard InChI is InChI=1S/C12H11ClN2O4S2/c1-6-3-4-9(8(13)5-6)21(18,19)15-11-10(12(16)17)7(2)14-20-11/h3-5,15H,1-2H3,(H,16,17). The van der Waals surface area contributed by atoms with Crippen LogP contribution in [0.3, 0.4) is 0 Å². The fourth-order valence-corrected chi connectivity index (χ4v) is 4.37. The van der Waals surface area contributed by atoms with E-state index in [0.29, 0.717) is 0 Å². The van der Waals surface area contributed by atoms with Crippen LogP contribution in [0.4, 0.5) is 5.00 Å². The van der Waals surface area contributed by atoms with Gasteiger partial charge in [0.05, 0.1) is 10.7 Å². The van der Waals surface area contributed by atoms with Crippen molar-refractivity contribution in [3.05, 3.63) is 40.0 Å². The maximum atomic E-state index is 12.3. The van der Waals surface area contributed by atoms with Gasteiger partial charge < -0.3 is 5.11 Å². The molecule has 0 saturated heterocycles. The van der Waals surface area contributed by atoms with Crippen LogP contribution in [-0.2, 0) is 10.0 Å². The zero-order valence-electron chi connectivity index (χ0n) is 11.0. The zero-order valence-corrected chi connectivity index (χ0v) is 13.4. The first kappa shape index (κ1) is 15.7. The minimum absolute atomic E-state index is 0.0448. The van der Waals surface area contributed by atoms with Crippen molar-refractivity contribution >= 4 is 44.1 Å². The fraction of sp³-hybridized carbons (Fsp3) is 0.167. The second-order valence-corrected chi connectivity index (χ2v) is 7.15. The Morgan fingerprint density at radius 1 is 1.38 bits per heavy atom. The summed E-state index contributed by atoms with van der Waals surface area (Å²) in [5, 5.41) is 9.12. The van der Waals surface area contributed by atoms with E-state index in [1.165, 1.54) is 19.1 Å². The lowest BCUT2D eigenvalue weighted by Crippen LogP contribution is -2.15. The van der Waals surface area contributed by atoms with Crippen molar-refractivity contribution in [3.8, 4) is 0 Å². The second kappa shape index (κ2) is 5.63. The van der Waals surface area contributed by atoms with Crippen molar-refractivity contribution in [1.82, 2.24) is 4.37 Å². The van der Waals surface area contributed by atoms with Crippen LogP contribution in [0.25, 0.3) is 0 Å². The third-order valence-electron chi connectivity index (χ3n) is 2.68. The summed E-state index contributed by atoms with van der Waals surface area (Å²) in [6.07, 6.45) is 0. The molecule has 0 radical (unpaired) electrons. The summed E-state index contributed by atoms with van der Waals surface area (Å²) in [6, 6.07) is 4.50. The van der Waals surface area contributed by atoms with Crippen molar-refractivity contribution in [2.75, 3.05) is 4.72 Å². The monoisotopic (exact) mass is 346 g/mol. The molecule has 0 aliphatic heterocycles. The van der Waals surface area contributed by atoms with Crippen molar-refractivity contribution in [1.29, 1.82) is 0 Å². The van der Waals surface area contributed by atoms with Gasteiger partial charge in [0, 0.05) is 0 Å². The molecule has 0 saturated carbocycles. The van der Waals surface area contributed by atoms with Crippen LogP contribution < -0.4 is 4.72 Å². The van der Waals surface area contributed by atoms with Crippen molar-refractivity contribution in [3.63, 3.8) is 0 Å². The Morgan fingerprint density at radius 2 is 2.05 bits per heavy atom. The van der Waals surface area contributed by atoms with Crippen LogP contribution in [0.2, 0.25) is 5.02 Å². The van der Waals surface area contributed by atoms with E-state index in [2.05, 4.69) is 9.10 Å². The molecule has 112 valence electrons. The molecule has 0 atom stereocenters. The van der Waals surface area contributed by atoms with Gasteiger partial charge in [-0.1, -0.05) is 17.7 Å². The first-order chi connectivity index (χ1) is 9.72. The van der Waals surface area contributed by atoms with Gasteiger partial charge in [0.2, 0.25) is 0 Å². The Morgan fingerprint density at radius 3 is 2.62 bits per heavy atom. The molecule has 0 amide bonds. The smallest absolute Gasteiger partial charge is 0.340 e. The van der Waals surface area contributed by atoms with Crippen molar-refractivity contribution < 1.29 is 18.3 Å². The number of benzene rings is 1. The van der Waals surface area contributed by atoms with Gasteiger partial charge in [0.1, 0.15) is 15.5 Å². The average molecular weight is 347 g/mol. The normalized spacial score (nSPS) is 11.4. The molecule has 2 rings (SSSR count). The van der Waals surface area contributed by atoms with Crippen LogP contribution in [0.1, 0.15) is 21.6 Å². The van der Waals surface area contributed by atoms with Crippen LogP contribution in [0.15, 0.2) is 23.1 Å². The average Bonchev–Trinajstić information content (AvgIpc) is 2.68. The summed E-state index contributed by atoms with van der Waals surface area (Å²) in [4.78, 5) is 11.0. The molecule has 0 aliphatic rings. The summed E-state index contributed by atoms with van der Waals surface area (Å²) >= 11 is 6.71. The quantitative estimate of drug-likeness (QED) is 0.887. The number of carboxylic acid groups (broad SMARTS) is 1. The number of rotatable bonds is 4. The van der Waals surface area contributed by atoms with Gasteiger partial charge in [0.25, 0.3) is 10.0 Å². The molecule has 1 aromatic carbocycles. The Balaban J connectivity index is 2.45. The first-order valence-corrected chi connectivity index (χ1v) is 8.34. The molecule has 0 fully saturated rings. The number of aromatic carboxylic acids is 1. The van der Waals surface area contributed by atoms with Gasteiger partial charge in [-0.15, -0.1) is 0 Å². The number of halogens is 1. The van der Waals surface area contributed by atoms with E-state index in [4.69, 9.17) is 16.7 Å². The Hall–Kier alpha value is -1.64. The number of carbonyl (C=O) groups is 1. The van der Waals surface area contributed by atoms with Crippen LogP contribution in [-0.4, -0.2) is 23.9 Å². The van der Waals surface area contributed by atoms with Gasteiger partial charge in [-0.3, -0.25) is 4.72 Å². The number of hydrogen-bond donors (Lipinski definition) is 2. The number of aryl methyl sites for hydroxylation is 2. The Bertz CT molecular complexity index is 815. The van der Waals surface area contributed by atoms with Crippen LogP contribution >= 0.6 is 23.1 Å². The molecule has 2 N–H and O–H groups in total. The summed E-state index contributed by atoms with van der Waals surface area (Å²) in [5.74, 6) is -1.24. The molecule has 9 heteroatoms. The number of carboxylic acids is 1. The van der Waals surface area contributed by atoms with Gasteiger partial charge in [-0.05, 0) is 43.1 Å². The number of hydrogen-bond acceptors (Lipinski definition) is 5. The molecule has 1 heterocycles. The minimum Gasteiger partial charge on any atom is -0.478 e.